The van der Waals surface area contributed by atoms with Crippen molar-refractivity contribution in [2.45, 2.75) is 18.4 Å². The van der Waals surface area contributed by atoms with E-state index in [4.69, 9.17) is 5.73 Å². The summed E-state index contributed by atoms with van der Waals surface area (Å²) >= 11 is 0. The number of nitrogens with one attached hydrogen (secondary N) is 1. The van der Waals surface area contributed by atoms with Gasteiger partial charge in [0, 0.05) is 12.6 Å². The van der Waals surface area contributed by atoms with Crippen LogP contribution < -0.4 is 11.1 Å². The molecule has 0 spiro atoms. The third-order valence-electron chi connectivity index (χ3n) is 2.43. The van der Waals surface area contributed by atoms with Crippen LogP contribution in [0.3, 0.4) is 0 Å². The maximum Gasteiger partial charge on any atom is 0.416 e. The van der Waals surface area contributed by atoms with Crippen molar-refractivity contribution >= 4 is 0 Å². The summed E-state index contributed by atoms with van der Waals surface area (Å²) in [5, 5.41) is 1.99. The molecule has 108 valence electrons. The van der Waals surface area contributed by atoms with Gasteiger partial charge in [-0.15, -0.1) is 0 Å². The maximum atomic E-state index is 12.7. The predicted molar refractivity (Wildman–Crippen MR) is 57.3 cm³/mol. The zero-order valence-electron chi connectivity index (χ0n) is 9.65. The zero-order chi connectivity index (χ0) is 14.7. The molecule has 1 unspecified atom stereocenters. The van der Waals surface area contributed by atoms with Gasteiger partial charge in [-0.05, 0) is 11.6 Å². The number of alkyl halides is 6. The van der Waals surface area contributed by atoms with Gasteiger partial charge >= 0.3 is 12.4 Å². The van der Waals surface area contributed by atoms with Crippen LogP contribution in [0.15, 0.2) is 24.3 Å². The van der Waals surface area contributed by atoms with Crippen LogP contribution in [0.2, 0.25) is 0 Å². The third kappa shape index (κ3) is 4.71. The summed E-state index contributed by atoms with van der Waals surface area (Å²) in [5.41, 5.74) is 3.97. The van der Waals surface area contributed by atoms with E-state index >= 15 is 0 Å². The van der Waals surface area contributed by atoms with Crippen LogP contribution in [-0.4, -0.2) is 19.3 Å². The van der Waals surface area contributed by atoms with Crippen molar-refractivity contribution < 1.29 is 26.3 Å². The lowest BCUT2D eigenvalue weighted by molar-refractivity contribution is -0.138. The predicted octanol–water partition coefficient (Wildman–Crippen LogP) is 2.86. The molecule has 1 aromatic rings. The topological polar surface area (TPSA) is 38.0 Å². The van der Waals surface area contributed by atoms with Crippen molar-refractivity contribution in [3.8, 4) is 0 Å². The first-order valence-corrected chi connectivity index (χ1v) is 5.31. The number of benzene rings is 1. The third-order valence-corrected chi connectivity index (χ3v) is 2.43. The fourth-order valence-electron chi connectivity index (χ4n) is 1.62. The molecule has 0 bridgehead atoms. The van der Waals surface area contributed by atoms with Gasteiger partial charge in [0.2, 0.25) is 0 Å². The Balaban J connectivity index is 2.99. The maximum absolute atomic E-state index is 12.7. The molecule has 1 aromatic carbocycles. The van der Waals surface area contributed by atoms with Crippen molar-refractivity contribution in [2.75, 3.05) is 13.1 Å². The summed E-state index contributed by atoms with van der Waals surface area (Å²) < 4.78 is 74.4. The molecule has 0 aliphatic heterocycles. The number of hydrogen-bond acceptors (Lipinski definition) is 2. The standard InChI is InChI=1S/C11H12F6N2/c12-10(13,14)6-19-9(5-18)7-3-1-2-4-8(7)11(15,16)17/h1-4,9,19H,5-6,18H2. The molecule has 0 heterocycles. The second-order valence-electron chi connectivity index (χ2n) is 3.87. The minimum absolute atomic E-state index is 0.290. The Morgan fingerprint density at radius 2 is 1.63 bits per heavy atom. The van der Waals surface area contributed by atoms with E-state index in [-0.39, 0.29) is 12.1 Å². The molecule has 8 heteroatoms. The normalized spacial score (nSPS) is 14.5. The van der Waals surface area contributed by atoms with Crippen molar-refractivity contribution in [2.24, 2.45) is 5.73 Å². The van der Waals surface area contributed by atoms with Gasteiger partial charge in [-0.25, -0.2) is 0 Å². The molecule has 0 amide bonds. The van der Waals surface area contributed by atoms with E-state index in [0.717, 1.165) is 12.1 Å². The molecule has 0 aliphatic rings. The first-order valence-electron chi connectivity index (χ1n) is 5.31. The van der Waals surface area contributed by atoms with E-state index in [9.17, 15) is 26.3 Å². The van der Waals surface area contributed by atoms with Gasteiger partial charge in [0.1, 0.15) is 0 Å². The SMILES string of the molecule is NCC(NCC(F)(F)F)c1ccccc1C(F)(F)F. The van der Waals surface area contributed by atoms with E-state index in [1.165, 1.54) is 12.1 Å². The molecule has 0 radical (unpaired) electrons. The molecule has 3 N–H and O–H groups in total. The highest BCUT2D eigenvalue weighted by atomic mass is 19.4. The lowest BCUT2D eigenvalue weighted by Crippen LogP contribution is -2.36. The molecule has 1 rings (SSSR count). The van der Waals surface area contributed by atoms with Crippen LogP contribution in [0.4, 0.5) is 26.3 Å². The van der Waals surface area contributed by atoms with Gasteiger partial charge < -0.3 is 11.1 Å². The molecule has 0 saturated heterocycles. The largest absolute Gasteiger partial charge is 0.416 e. The van der Waals surface area contributed by atoms with Crippen molar-refractivity contribution in [1.29, 1.82) is 0 Å². The van der Waals surface area contributed by atoms with Gasteiger partial charge in [-0.2, -0.15) is 26.3 Å². The minimum atomic E-state index is -4.63. The minimum Gasteiger partial charge on any atom is -0.329 e. The van der Waals surface area contributed by atoms with E-state index in [0.29, 0.717) is 0 Å². The Labute approximate surface area is 105 Å². The first kappa shape index (κ1) is 15.8. The van der Waals surface area contributed by atoms with Crippen LogP contribution in [0, 0.1) is 0 Å². The van der Waals surface area contributed by atoms with Crippen molar-refractivity contribution in [1.82, 2.24) is 5.32 Å². The smallest absolute Gasteiger partial charge is 0.329 e. The molecule has 0 aliphatic carbocycles. The Bertz CT molecular complexity index is 412. The Hall–Kier alpha value is -1.28. The van der Waals surface area contributed by atoms with Crippen LogP contribution in [0.1, 0.15) is 17.2 Å². The van der Waals surface area contributed by atoms with Crippen molar-refractivity contribution in [3.05, 3.63) is 35.4 Å². The molecular weight excluding hydrogens is 274 g/mol. The highest BCUT2D eigenvalue weighted by Gasteiger charge is 2.35. The first-order chi connectivity index (χ1) is 8.65. The summed E-state index contributed by atoms with van der Waals surface area (Å²) in [6.07, 6.45) is -9.15. The Kier molecular flexibility index (Phi) is 4.81. The van der Waals surface area contributed by atoms with E-state index in [1.807, 2.05) is 5.32 Å². The van der Waals surface area contributed by atoms with Gasteiger partial charge in [-0.3, -0.25) is 0 Å². The van der Waals surface area contributed by atoms with E-state index < -0.39 is 30.5 Å². The van der Waals surface area contributed by atoms with Gasteiger partial charge in [-0.1, -0.05) is 18.2 Å². The van der Waals surface area contributed by atoms with Crippen LogP contribution in [0.5, 0.6) is 0 Å². The second-order valence-corrected chi connectivity index (χ2v) is 3.87. The monoisotopic (exact) mass is 286 g/mol. The highest BCUT2D eigenvalue weighted by Crippen LogP contribution is 2.34. The molecular formula is C11H12F6N2. The number of nitrogens with two attached hydrogens (primary N) is 1. The number of halogens is 6. The number of rotatable bonds is 4. The van der Waals surface area contributed by atoms with Crippen LogP contribution in [0.25, 0.3) is 0 Å². The van der Waals surface area contributed by atoms with Crippen LogP contribution >= 0.6 is 0 Å². The molecule has 19 heavy (non-hydrogen) atoms. The summed E-state index contributed by atoms with van der Waals surface area (Å²) in [5.74, 6) is 0. The Morgan fingerprint density at radius 3 is 2.11 bits per heavy atom. The molecule has 0 saturated carbocycles. The average molecular weight is 286 g/mol. The van der Waals surface area contributed by atoms with Gasteiger partial charge in [0.15, 0.2) is 0 Å². The summed E-state index contributed by atoms with van der Waals surface area (Å²) in [4.78, 5) is 0. The molecule has 2 nitrogen and oxygen atoms in total. The molecule has 0 aromatic heterocycles. The van der Waals surface area contributed by atoms with Gasteiger partial charge in [0.25, 0.3) is 0 Å². The Morgan fingerprint density at radius 1 is 1.05 bits per heavy atom. The van der Waals surface area contributed by atoms with E-state index in [2.05, 4.69) is 0 Å². The summed E-state index contributed by atoms with van der Waals surface area (Å²) in [6, 6.07) is 3.21. The zero-order valence-corrected chi connectivity index (χ0v) is 9.65. The van der Waals surface area contributed by atoms with Crippen molar-refractivity contribution in [3.63, 3.8) is 0 Å². The number of hydrogen-bond donors (Lipinski definition) is 2. The average Bonchev–Trinajstić information content (AvgIpc) is 2.27. The summed E-state index contributed by atoms with van der Waals surface area (Å²) in [7, 11) is 0. The lowest BCUT2D eigenvalue weighted by Gasteiger charge is -2.22. The van der Waals surface area contributed by atoms with E-state index in [1.54, 1.807) is 0 Å². The summed E-state index contributed by atoms with van der Waals surface area (Å²) in [6.45, 7) is -1.77. The second kappa shape index (κ2) is 5.79. The van der Waals surface area contributed by atoms with Gasteiger partial charge in [0.05, 0.1) is 12.1 Å². The quantitative estimate of drug-likeness (QED) is 0.835. The fraction of sp³-hybridized carbons (Fsp3) is 0.455. The molecule has 1 atom stereocenters. The molecule has 0 fully saturated rings. The fourth-order valence-corrected chi connectivity index (χ4v) is 1.62. The van der Waals surface area contributed by atoms with Crippen LogP contribution in [-0.2, 0) is 6.18 Å². The highest BCUT2D eigenvalue weighted by molar-refractivity contribution is 5.32. The lowest BCUT2D eigenvalue weighted by atomic mass is 10.00.